The summed E-state index contributed by atoms with van der Waals surface area (Å²) < 4.78 is 0. The minimum Gasteiger partial charge on any atom is -0.300 e. The van der Waals surface area contributed by atoms with E-state index in [-0.39, 0.29) is 5.78 Å². The van der Waals surface area contributed by atoms with Gasteiger partial charge in [0.15, 0.2) is 0 Å². The molecule has 0 rings (SSSR count). The third kappa shape index (κ3) is 15.8. The van der Waals surface area contributed by atoms with Crippen molar-refractivity contribution in [1.29, 1.82) is 5.26 Å². The second kappa shape index (κ2) is 10.8. The molecule has 0 fully saturated rings. The Morgan fingerprint density at radius 3 is 2.40 bits per heavy atom. The first-order chi connectivity index (χ1) is 4.77. The molecule has 0 aromatic rings. The maximum absolute atomic E-state index is 10.2. The quantitative estimate of drug-likeness (QED) is 0.443. The highest BCUT2D eigenvalue weighted by atomic mass is 16.1. The second-order valence-electron chi connectivity index (χ2n) is 1.71. The van der Waals surface area contributed by atoms with Gasteiger partial charge in [-0.25, -0.2) is 0 Å². The van der Waals surface area contributed by atoms with Crippen LogP contribution in [0.3, 0.4) is 0 Å². The Hall–Kier alpha value is -1.10. The first kappa shape index (κ1) is 11.7. The molecular formula is C8H13NO. The smallest absolute Gasteiger partial charge is 0.129 e. The zero-order valence-corrected chi connectivity index (χ0v) is 6.39. The monoisotopic (exact) mass is 139 g/mol. The molecule has 0 aromatic heterocycles. The normalized spacial score (nSPS) is 6.80. The molecule has 56 valence electrons. The average molecular weight is 139 g/mol. The van der Waals surface area contributed by atoms with Crippen molar-refractivity contribution in [3.63, 3.8) is 0 Å². The van der Waals surface area contributed by atoms with E-state index < -0.39 is 0 Å². The van der Waals surface area contributed by atoms with Crippen molar-refractivity contribution in [2.24, 2.45) is 0 Å². The summed E-state index contributed by atoms with van der Waals surface area (Å²) in [6, 6.07) is 1.97. The second-order valence-corrected chi connectivity index (χ2v) is 1.71. The highest BCUT2D eigenvalue weighted by Gasteiger charge is 1.89. The molecule has 2 nitrogen and oxygen atoms in total. The van der Waals surface area contributed by atoms with Crippen LogP contribution in [0.15, 0.2) is 13.2 Å². The molecule has 0 N–H and O–H groups in total. The Labute approximate surface area is 62.2 Å². The lowest BCUT2D eigenvalue weighted by atomic mass is 10.2. The number of nitriles is 1. The minimum absolute atomic E-state index is 0.167. The van der Waals surface area contributed by atoms with E-state index in [2.05, 4.69) is 13.2 Å². The first-order valence-electron chi connectivity index (χ1n) is 3.13. The number of hydrogen-bond donors (Lipinski definition) is 0. The van der Waals surface area contributed by atoms with Gasteiger partial charge in [0.05, 0.1) is 6.07 Å². The maximum Gasteiger partial charge on any atom is 0.129 e. The number of carbonyl (C=O) groups is 1. The topological polar surface area (TPSA) is 40.9 Å². The summed E-state index contributed by atoms with van der Waals surface area (Å²) in [7, 11) is 0. The molecule has 0 amide bonds. The zero-order valence-electron chi connectivity index (χ0n) is 6.39. The molecule has 0 saturated carbocycles. The fraction of sp³-hybridized carbons (Fsp3) is 0.500. The van der Waals surface area contributed by atoms with E-state index in [0.29, 0.717) is 19.3 Å². The van der Waals surface area contributed by atoms with Gasteiger partial charge in [0.25, 0.3) is 0 Å². The lowest BCUT2D eigenvalue weighted by Crippen LogP contribution is -1.87. The van der Waals surface area contributed by atoms with Crippen molar-refractivity contribution in [3.05, 3.63) is 13.2 Å². The van der Waals surface area contributed by atoms with E-state index in [4.69, 9.17) is 5.26 Å². The van der Waals surface area contributed by atoms with E-state index in [0.717, 1.165) is 0 Å². The molecule has 0 aliphatic rings. The predicted octanol–water partition coefficient (Wildman–Crippen LogP) is 2.07. The predicted molar refractivity (Wildman–Crippen MR) is 41.4 cm³/mol. The van der Waals surface area contributed by atoms with E-state index >= 15 is 0 Å². The van der Waals surface area contributed by atoms with Crippen LogP contribution in [0.1, 0.15) is 26.2 Å². The molecule has 10 heavy (non-hydrogen) atoms. The summed E-state index contributed by atoms with van der Waals surface area (Å²) >= 11 is 0. The number of rotatable bonds is 3. The van der Waals surface area contributed by atoms with Gasteiger partial charge in [0.1, 0.15) is 5.78 Å². The Kier molecular flexibility index (Phi) is 12.6. The maximum atomic E-state index is 10.2. The van der Waals surface area contributed by atoms with Crippen LogP contribution in [-0.4, -0.2) is 5.78 Å². The molecular weight excluding hydrogens is 126 g/mol. The van der Waals surface area contributed by atoms with Crippen molar-refractivity contribution in [2.45, 2.75) is 26.2 Å². The van der Waals surface area contributed by atoms with Crippen LogP contribution in [-0.2, 0) is 4.79 Å². The lowest BCUT2D eigenvalue weighted by molar-refractivity contribution is -0.117. The summed E-state index contributed by atoms with van der Waals surface area (Å²) in [6.45, 7) is 7.54. The largest absolute Gasteiger partial charge is 0.300 e. The average Bonchev–Trinajstić information content (AvgIpc) is 1.92. The van der Waals surface area contributed by atoms with Crippen molar-refractivity contribution in [3.8, 4) is 6.07 Å². The number of Topliss-reactive ketones (excluding diaryl/α,β-unsaturated/α-hetero) is 1. The van der Waals surface area contributed by atoms with Crippen LogP contribution < -0.4 is 0 Å². The van der Waals surface area contributed by atoms with Gasteiger partial charge in [-0.05, 0) is 13.3 Å². The summed E-state index contributed by atoms with van der Waals surface area (Å²) in [5.41, 5.74) is 0. The van der Waals surface area contributed by atoms with Gasteiger partial charge in [0, 0.05) is 12.8 Å². The molecule has 0 aliphatic heterocycles. The van der Waals surface area contributed by atoms with Gasteiger partial charge in [-0.1, -0.05) is 0 Å². The van der Waals surface area contributed by atoms with Gasteiger partial charge in [-0.3, -0.25) is 0 Å². The molecule has 0 unspecified atom stereocenters. The Bertz CT molecular complexity index is 124. The summed E-state index contributed by atoms with van der Waals surface area (Å²) in [5, 5.41) is 8.02. The number of hydrogen-bond acceptors (Lipinski definition) is 2. The fourth-order valence-corrected chi connectivity index (χ4v) is 0.416. The summed E-state index contributed by atoms with van der Waals surface area (Å²) in [5.74, 6) is 0.167. The molecule has 0 spiro atoms. The van der Waals surface area contributed by atoms with Crippen LogP contribution in [0, 0.1) is 11.3 Å². The Morgan fingerprint density at radius 2 is 2.10 bits per heavy atom. The van der Waals surface area contributed by atoms with Crippen molar-refractivity contribution in [1.82, 2.24) is 0 Å². The lowest BCUT2D eigenvalue weighted by Gasteiger charge is -1.85. The summed E-state index contributed by atoms with van der Waals surface area (Å²) in [6.07, 6.45) is 1.76. The van der Waals surface area contributed by atoms with Gasteiger partial charge in [-0.15, -0.1) is 13.2 Å². The molecule has 0 saturated heterocycles. The standard InChI is InChI=1S/C6H9NO.C2H4/c1-6(8)4-2-3-5-7;1-2/h2-4H2,1H3;1-2H2. The molecule has 0 bridgehead atoms. The number of nitrogens with zero attached hydrogens (tertiary/aromatic N) is 1. The summed E-state index contributed by atoms with van der Waals surface area (Å²) in [4.78, 5) is 10.2. The Balaban J connectivity index is 0. The van der Waals surface area contributed by atoms with Crippen LogP contribution in [0.5, 0.6) is 0 Å². The minimum atomic E-state index is 0.167. The van der Waals surface area contributed by atoms with Crippen LogP contribution in [0.25, 0.3) is 0 Å². The first-order valence-corrected chi connectivity index (χ1v) is 3.13. The Morgan fingerprint density at radius 1 is 1.60 bits per heavy atom. The van der Waals surface area contributed by atoms with Crippen molar-refractivity contribution < 1.29 is 4.79 Å². The van der Waals surface area contributed by atoms with Crippen LogP contribution in [0.2, 0.25) is 0 Å². The zero-order chi connectivity index (χ0) is 8.41. The molecule has 0 atom stereocenters. The third-order valence-electron chi connectivity index (χ3n) is 0.817. The third-order valence-corrected chi connectivity index (χ3v) is 0.817. The van der Waals surface area contributed by atoms with Gasteiger partial charge in [0.2, 0.25) is 0 Å². The highest BCUT2D eigenvalue weighted by Crippen LogP contribution is 1.92. The fourth-order valence-electron chi connectivity index (χ4n) is 0.416. The van der Waals surface area contributed by atoms with Crippen LogP contribution in [0.4, 0.5) is 0 Å². The SMILES string of the molecule is C=C.CC(=O)CCCC#N. The highest BCUT2D eigenvalue weighted by molar-refractivity contribution is 5.75. The van der Waals surface area contributed by atoms with Gasteiger partial charge in [-0.2, -0.15) is 5.26 Å². The number of carbonyl (C=O) groups excluding carboxylic acids is 1. The molecule has 2 heteroatoms. The number of ketones is 1. The van der Waals surface area contributed by atoms with Gasteiger partial charge >= 0.3 is 0 Å². The van der Waals surface area contributed by atoms with Crippen LogP contribution >= 0.6 is 0 Å². The van der Waals surface area contributed by atoms with E-state index in [1.807, 2.05) is 6.07 Å². The number of unbranched alkanes of at least 4 members (excludes halogenated alkanes) is 1. The molecule has 0 heterocycles. The van der Waals surface area contributed by atoms with E-state index in [1.54, 1.807) is 0 Å². The molecule has 0 aromatic carbocycles. The van der Waals surface area contributed by atoms with Crippen molar-refractivity contribution in [2.75, 3.05) is 0 Å². The van der Waals surface area contributed by atoms with E-state index in [9.17, 15) is 4.79 Å². The van der Waals surface area contributed by atoms with E-state index in [1.165, 1.54) is 6.92 Å². The molecule has 0 aliphatic carbocycles. The van der Waals surface area contributed by atoms with Gasteiger partial charge < -0.3 is 4.79 Å². The molecule has 0 radical (unpaired) electrons. The van der Waals surface area contributed by atoms with Crippen molar-refractivity contribution >= 4 is 5.78 Å².